The van der Waals surface area contributed by atoms with Crippen LogP contribution in [0.15, 0.2) is 41.8 Å². The van der Waals surface area contributed by atoms with Crippen molar-refractivity contribution in [1.82, 2.24) is 9.97 Å². The molecule has 3 rings (SSSR count). The zero-order chi connectivity index (χ0) is 13.9. The van der Waals surface area contributed by atoms with Crippen LogP contribution in [0.1, 0.15) is 17.8 Å². The highest BCUT2D eigenvalue weighted by Gasteiger charge is 2.11. The molecule has 2 aromatic heterocycles. The van der Waals surface area contributed by atoms with Crippen LogP contribution in [-0.2, 0) is 0 Å². The molecule has 0 spiro atoms. The molecule has 4 N–H and O–H groups in total. The molecule has 0 aliphatic carbocycles. The van der Waals surface area contributed by atoms with Crippen LogP contribution in [-0.4, -0.2) is 9.97 Å². The maximum atomic E-state index is 5.43. The van der Waals surface area contributed by atoms with Gasteiger partial charge in [-0.05, 0) is 30.5 Å². The molecule has 1 aromatic carbocycles. The molecule has 2 heterocycles. The van der Waals surface area contributed by atoms with E-state index >= 15 is 0 Å². The number of thiophene rings is 1. The van der Waals surface area contributed by atoms with Crippen LogP contribution in [0, 0.1) is 0 Å². The Morgan fingerprint density at radius 3 is 2.75 bits per heavy atom. The first-order valence-corrected chi connectivity index (χ1v) is 7.19. The van der Waals surface area contributed by atoms with Gasteiger partial charge >= 0.3 is 0 Å². The first-order valence-electron chi connectivity index (χ1n) is 6.31. The highest BCUT2D eigenvalue weighted by molar-refractivity contribution is 7.10. The summed E-state index contributed by atoms with van der Waals surface area (Å²) >= 11 is 1.72. The lowest BCUT2D eigenvalue weighted by molar-refractivity contribution is 0.897. The van der Waals surface area contributed by atoms with E-state index in [2.05, 4.69) is 39.1 Å². The van der Waals surface area contributed by atoms with Crippen LogP contribution in [0.25, 0.3) is 10.9 Å². The average Bonchev–Trinajstić information content (AvgIpc) is 3.01. The number of nitrogen functional groups attached to an aromatic ring is 1. The average molecular weight is 285 g/mol. The number of anilines is 2. The Morgan fingerprint density at radius 1 is 1.15 bits per heavy atom. The van der Waals surface area contributed by atoms with Crippen molar-refractivity contribution in [2.75, 3.05) is 10.7 Å². The lowest BCUT2D eigenvalue weighted by atomic mass is 10.2. The predicted molar refractivity (Wildman–Crippen MR) is 83.7 cm³/mol. The van der Waals surface area contributed by atoms with E-state index < -0.39 is 0 Å². The number of hydrazine groups is 1. The third-order valence-corrected chi connectivity index (χ3v) is 4.11. The number of fused-ring (bicyclic) bond motifs is 1. The van der Waals surface area contributed by atoms with Crippen LogP contribution in [0.2, 0.25) is 0 Å². The number of nitrogens with two attached hydrogens (primary N) is 1. The molecular weight excluding hydrogens is 270 g/mol. The van der Waals surface area contributed by atoms with Gasteiger partial charge in [0.2, 0.25) is 5.95 Å². The molecular formula is C14H15N5S. The van der Waals surface area contributed by atoms with E-state index in [4.69, 9.17) is 5.84 Å². The summed E-state index contributed by atoms with van der Waals surface area (Å²) in [4.78, 5) is 10.0. The van der Waals surface area contributed by atoms with Gasteiger partial charge in [0.05, 0.1) is 11.6 Å². The highest BCUT2D eigenvalue weighted by atomic mass is 32.1. The molecule has 20 heavy (non-hydrogen) atoms. The maximum Gasteiger partial charge on any atom is 0.239 e. The molecule has 102 valence electrons. The molecule has 0 aliphatic heterocycles. The van der Waals surface area contributed by atoms with Crippen LogP contribution in [0.5, 0.6) is 0 Å². The van der Waals surface area contributed by atoms with Crippen molar-refractivity contribution in [3.63, 3.8) is 0 Å². The SMILES string of the molecule is CC(Nc1nc(NN)nc2ccccc12)c1cccs1. The van der Waals surface area contributed by atoms with E-state index in [0.717, 1.165) is 16.7 Å². The molecule has 0 radical (unpaired) electrons. The van der Waals surface area contributed by atoms with Gasteiger partial charge in [0.1, 0.15) is 5.82 Å². The Morgan fingerprint density at radius 2 is 2.00 bits per heavy atom. The number of rotatable bonds is 4. The zero-order valence-corrected chi connectivity index (χ0v) is 11.8. The first kappa shape index (κ1) is 12.8. The Balaban J connectivity index is 2.01. The van der Waals surface area contributed by atoms with Crippen molar-refractivity contribution < 1.29 is 0 Å². The minimum Gasteiger partial charge on any atom is -0.362 e. The van der Waals surface area contributed by atoms with E-state index in [0.29, 0.717) is 5.95 Å². The minimum atomic E-state index is 0.180. The maximum absolute atomic E-state index is 5.43. The number of nitrogens with one attached hydrogen (secondary N) is 2. The van der Waals surface area contributed by atoms with Gasteiger partial charge in [-0.2, -0.15) is 4.98 Å². The molecule has 6 heteroatoms. The lowest BCUT2D eigenvalue weighted by Crippen LogP contribution is -2.13. The third kappa shape index (κ3) is 2.43. The van der Waals surface area contributed by atoms with Gasteiger partial charge in [-0.25, -0.2) is 10.8 Å². The topological polar surface area (TPSA) is 75.9 Å². The second-order valence-corrected chi connectivity index (χ2v) is 5.42. The monoisotopic (exact) mass is 285 g/mol. The van der Waals surface area contributed by atoms with E-state index in [1.165, 1.54) is 4.88 Å². The van der Waals surface area contributed by atoms with Gasteiger partial charge in [0.25, 0.3) is 0 Å². The van der Waals surface area contributed by atoms with Gasteiger partial charge in [-0.1, -0.05) is 18.2 Å². The summed E-state index contributed by atoms with van der Waals surface area (Å²) < 4.78 is 0. The second-order valence-electron chi connectivity index (χ2n) is 4.44. The molecule has 1 unspecified atom stereocenters. The highest BCUT2D eigenvalue weighted by Crippen LogP contribution is 2.27. The molecule has 0 aliphatic rings. The number of aromatic nitrogens is 2. The van der Waals surface area contributed by atoms with Crippen LogP contribution in [0.3, 0.4) is 0 Å². The van der Waals surface area contributed by atoms with Gasteiger partial charge in [-0.15, -0.1) is 11.3 Å². The smallest absolute Gasteiger partial charge is 0.239 e. The fourth-order valence-electron chi connectivity index (χ4n) is 2.07. The summed E-state index contributed by atoms with van der Waals surface area (Å²) in [6.07, 6.45) is 0. The Bertz CT molecular complexity index is 711. The molecule has 0 fully saturated rings. The lowest BCUT2D eigenvalue weighted by Gasteiger charge is -2.15. The molecule has 0 saturated heterocycles. The fraction of sp³-hybridized carbons (Fsp3) is 0.143. The van der Waals surface area contributed by atoms with Crippen molar-refractivity contribution in [1.29, 1.82) is 0 Å². The number of hydrogen-bond donors (Lipinski definition) is 3. The van der Waals surface area contributed by atoms with Crippen molar-refractivity contribution in [2.24, 2.45) is 5.84 Å². The normalized spacial score (nSPS) is 12.3. The summed E-state index contributed by atoms with van der Waals surface area (Å²) in [5.74, 6) is 6.62. The van der Waals surface area contributed by atoms with E-state index in [1.807, 2.05) is 30.3 Å². The predicted octanol–water partition coefficient (Wildman–Crippen LogP) is 3.15. The Labute approximate surface area is 120 Å². The Hall–Kier alpha value is -2.18. The summed E-state index contributed by atoms with van der Waals surface area (Å²) in [5.41, 5.74) is 3.37. The largest absolute Gasteiger partial charge is 0.362 e. The van der Waals surface area contributed by atoms with Gasteiger partial charge in [0.15, 0.2) is 0 Å². The molecule has 0 saturated carbocycles. The fourth-order valence-corrected chi connectivity index (χ4v) is 2.80. The second kappa shape index (κ2) is 5.44. The van der Waals surface area contributed by atoms with Crippen LogP contribution >= 0.6 is 11.3 Å². The van der Waals surface area contributed by atoms with Crippen molar-refractivity contribution >= 4 is 34.0 Å². The number of benzene rings is 1. The molecule has 0 amide bonds. The van der Waals surface area contributed by atoms with Crippen molar-refractivity contribution in [3.8, 4) is 0 Å². The number of hydrogen-bond acceptors (Lipinski definition) is 6. The summed E-state index contributed by atoms with van der Waals surface area (Å²) in [7, 11) is 0. The van der Waals surface area contributed by atoms with Crippen LogP contribution in [0.4, 0.5) is 11.8 Å². The Kier molecular flexibility index (Phi) is 3.49. The minimum absolute atomic E-state index is 0.180. The van der Waals surface area contributed by atoms with Crippen LogP contribution < -0.4 is 16.6 Å². The zero-order valence-electron chi connectivity index (χ0n) is 11.0. The first-order chi connectivity index (χ1) is 9.78. The van der Waals surface area contributed by atoms with Gasteiger partial charge in [0, 0.05) is 10.3 Å². The summed E-state index contributed by atoms with van der Waals surface area (Å²) in [5, 5.41) is 6.48. The molecule has 0 bridgehead atoms. The number of nitrogens with zero attached hydrogens (tertiary/aromatic N) is 2. The van der Waals surface area contributed by atoms with E-state index in [-0.39, 0.29) is 6.04 Å². The number of para-hydroxylation sites is 1. The van der Waals surface area contributed by atoms with E-state index in [1.54, 1.807) is 11.3 Å². The quantitative estimate of drug-likeness (QED) is 0.507. The van der Waals surface area contributed by atoms with Crippen molar-refractivity contribution in [3.05, 3.63) is 46.7 Å². The van der Waals surface area contributed by atoms with Gasteiger partial charge < -0.3 is 5.32 Å². The standard InChI is InChI=1S/C14H15N5S/c1-9(12-7-4-8-20-12)16-13-10-5-2-3-6-11(10)17-14(18-13)19-15/h2-9H,15H2,1H3,(H2,16,17,18,19). The van der Waals surface area contributed by atoms with Crippen molar-refractivity contribution in [2.45, 2.75) is 13.0 Å². The molecule has 1 atom stereocenters. The summed E-state index contributed by atoms with van der Waals surface area (Å²) in [6, 6.07) is 12.2. The van der Waals surface area contributed by atoms with E-state index in [9.17, 15) is 0 Å². The molecule has 5 nitrogen and oxygen atoms in total. The molecule has 3 aromatic rings. The van der Waals surface area contributed by atoms with Gasteiger partial charge in [-0.3, -0.25) is 5.43 Å². The summed E-state index contributed by atoms with van der Waals surface area (Å²) in [6.45, 7) is 2.11. The third-order valence-electron chi connectivity index (χ3n) is 3.06.